The first kappa shape index (κ1) is 17.6. The van der Waals surface area contributed by atoms with Gasteiger partial charge in [-0.3, -0.25) is 4.79 Å². The first-order valence-electron chi connectivity index (χ1n) is 8.97. The maximum atomic E-state index is 12.0. The quantitative estimate of drug-likeness (QED) is 0.543. The van der Waals surface area contributed by atoms with Crippen molar-refractivity contribution in [2.45, 2.75) is 5.92 Å². The molecule has 2 aromatic carbocycles. The Morgan fingerprint density at radius 3 is 2.43 bits per heavy atom. The summed E-state index contributed by atoms with van der Waals surface area (Å²) in [5, 5.41) is 2.63. The largest absolute Gasteiger partial charge is 0.449 e. The molecule has 0 bridgehead atoms. The maximum absolute atomic E-state index is 12.0. The van der Waals surface area contributed by atoms with Crippen LogP contribution in [0.2, 0.25) is 0 Å². The molecule has 1 amide bonds. The molecule has 0 radical (unpaired) electrons. The number of amides is 1. The average molecular weight is 370 g/mol. The van der Waals surface area contributed by atoms with Gasteiger partial charge < -0.3 is 15.0 Å². The van der Waals surface area contributed by atoms with Gasteiger partial charge in [-0.2, -0.15) is 0 Å². The molecule has 1 aliphatic carbocycles. The Kier molecular flexibility index (Phi) is 4.94. The van der Waals surface area contributed by atoms with Gasteiger partial charge in [0.1, 0.15) is 6.61 Å². The minimum Gasteiger partial charge on any atom is -0.449 e. The van der Waals surface area contributed by atoms with Crippen molar-refractivity contribution in [2.75, 3.05) is 13.2 Å². The van der Waals surface area contributed by atoms with Gasteiger partial charge >= 0.3 is 6.09 Å². The topological polar surface area (TPSA) is 71.2 Å². The van der Waals surface area contributed by atoms with Gasteiger partial charge in [0.15, 0.2) is 6.29 Å². The third-order valence-corrected chi connectivity index (χ3v) is 4.73. The van der Waals surface area contributed by atoms with E-state index < -0.39 is 6.09 Å². The number of nitrogens with one attached hydrogen (secondary N) is 2. The second-order valence-corrected chi connectivity index (χ2v) is 6.44. The zero-order chi connectivity index (χ0) is 19.3. The van der Waals surface area contributed by atoms with E-state index in [4.69, 9.17) is 4.74 Å². The van der Waals surface area contributed by atoms with Gasteiger partial charge in [0.25, 0.3) is 0 Å². The van der Waals surface area contributed by atoms with Crippen molar-refractivity contribution < 1.29 is 14.3 Å². The Balaban J connectivity index is 1.35. The molecule has 0 fully saturated rings. The van der Waals surface area contributed by atoms with E-state index in [9.17, 15) is 9.59 Å². The molecule has 0 aliphatic heterocycles. The number of aromatic nitrogens is 1. The molecular formula is C23H18N2O3. The van der Waals surface area contributed by atoms with Gasteiger partial charge in [0.2, 0.25) is 0 Å². The molecule has 0 atom stereocenters. The fraction of sp³-hybridized carbons (Fsp3) is 0.130. The first-order chi connectivity index (χ1) is 13.8. The van der Waals surface area contributed by atoms with Gasteiger partial charge in [-0.1, -0.05) is 60.4 Å². The highest BCUT2D eigenvalue weighted by Gasteiger charge is 2.28. The highest BCUT2D eigenvalue weighted by atomic mass is 16.5. The van der Waals surface area contributed by atoms with E-state index in [0.717, 1.165) is 6.29 Å². The number of rotatable bonds is 4. The fourth-order valence-electron chi connectivity index (χ4n) is 3.46. The molecule has 138 valence electrons. The second kappa shape index (κ2) is 7.85. The van der Waals surface area contributed by atoms with Crippen LogP contribution >= 0.6 is 0 Å². The van der Waals surface area contributed by atoms with Crippen LogP contribution in [-0.2, 0) is 4.74 Å². The van der Waals surface area contributed by atoms with Crippen molar-refractivity contribution in [3.63, 3.8) is 0 Å². The second-order valence-electron chi connectivity index (χ2n) is 6.44. The molecular weight excluding hydrogens is 352 g/mol. The van der Waals surface area contributed by atoms with E-state index in [1.165, 1.54) is 22.3 Å². The number of carbonyl (C=O) groups excluding carboxylic acids is 2. The predicted molar refractivity (Wildman–Crippen MR) is 106 cm³/mol. The van der Waals surface area contributed by atoms with Gasteiger partial charge in [-0.05, 0) is 28.3 Å². The Labute approximate surface area is 162 Å². The minimum absolute atomic E-state index is 0.0332. The molecule has 5 nitrogen and oxygen atoms in total. The summed E-state index contributed by atoms with van der Waals surface area (Å²) in [7, 11) is 0. The molecule has 0 saturated carbocycles. The molecule has 28 heavy (non-hydrogen) atoms. The third-order valence-electron chi connectivity index (χ3n) is 4.73. The zero-order valence-corrected chi connectivity index (χ0v) is 15.1. The summed E-state index contributed by atoms with van der Waals surface area (Å²) >= 11 is 0. The lowest BCUT2D eigenvalue weighted by atomic mass is 9.98. The van der Waals surface area contributed by atoms with E-state index in [1.54, 1.807) is 12.3 Å². The average Bonchev–Trinajstić information content (AvgIpc) is 3.32. The number of carbonyl (C=O) groups is 2. The van der Waals surface area contributed by atoms with Crippen LogP contribution in [0.3, 0.4) is 0 Å². The molecule has 1 heterocycles. The third kappa shape index (κ3) is 3.53. The van der Waals surface area contributed by atoms with E-state index in [-0.39, 0.29) is 19.1 Å². The highest BCUT2D eigenvalue weighted by molar-refractivity contribution is 5.79. The monoisotopic (exact) mass is 370 g/mol. The molecule has 3 aromatic rings. The number of benzene rings is 2. The number of hydrogen-bond acceptors (Lipinski definition) is 3. The summed E-state index contributed by atoms with van der Waals surface area (Å²) in [6.07, 6.45) is 1.86. The first-order valence-corrected chi connectivity index (χ1v) is 8.97. The number of alkyl carbamates (subject to hydrolysis) is 1. The molecule has 5 heteroatoms. The smallest absolute Gasteiger partial charge is 0.407 e. The maximum Gasteiger partial charge on any atom is 0.407 e. The molecule has 1 aliphatic rings. The Hall–Kier alpha value is -3.78. The number of fused-ring (bicyclic) bond motifs is 3. The van der Waals surface area contributed by atoms with Crippen LogP contribution in [-0.4, -0.2) is 30.5 Å². The Bertz CT molecular complexity index is 1040. The summed E-state index contributed by atoms with van der Waals surface area (Å²) in [5.74, 6) is 5.73. The van der Waals surface area contributed by atoms with Gasteiger partial charge in [0.05, 0.1) is 12.2 Å². The van der Waals surface area contributed by atoms with Crippen LogP contribution in [0.15, 0.2) is 60.8 Å². The van der Waals surface area contributed by atoms with Crippen LogP contribution < -0.4 is 5.32 Å². The lowest BCUT2D eigenvalue weighted by Crippen LogP contribution is -2.26. The number of hydrogen-bond donors (Lipinski definition) is 2. The number of ether oxygens (including phenoxy) is 1. The Morgan fingerprint density at radius 2 is 1.79 bits per heavy atom. The lowest BCUT2D eigenvalue weighted by molar-refractivity contribution is 0.111. The predicted octanol–water partition coefficient (Wildman–Crippen LogP) is 3.72. The number of H-pyrrole nitrogens is 1. The molecule has 0 spiro atoms. The highest BCUT2D eigenvalue weighted by Crippen LogP contribution is 2.44. The Morgan fingerprint density at radius 1 is 1.11 bits per heavy atom. The molecule has 4 rings (SSSR count). The summed E-state index contributed by atoms with van der Waals surface area (Å²) in [4.78, 5) is 25.4. The van der Waals surface area contributed by atoms with Gasteiger partial charge in [-0.15, -0.1) is 0 Å². The fourth-order valence-corrected chi connectivity index (χ4v) is 3.46. The number of aldehydes is 1. The van der Waals surface area contributed by atoms with Crippen molar-refractivity contribution in [3.8, 4) is 23.0 Å². The van der Waals surface area contributed by atoms with Gasteiger partial charge in [-0.25, -0.2) is 4.79 Å². The van der Waals surface area contributed by atoms with Crippen LogP contribution in [0.1, 0.15) is 33.1 Å². The zero-order valence-electron chi connectivity index (χ0n) is 15.1. The van der Waals surface area contributed by atoms with Crippen molar-refractivity contribution >= 4 is 12.4 Å². The summed E-state index contributed by atoms with van der Waals surface area (Å²) in [5.41, 5.74) is 5.90. The summed E-state index contributed by atoms with van der Waals surface area (Å²) < 4.78 is 5.44. The molecule has 0 saturated heterocycles. The molecule has 1 aromatic heterocycles. The van der Waals surface area contributed by atoms with Crippen molar-refractivity contribution in [2.24, 2.45) is 0 Å². The standard InChI is InChI=1S/C23H18N2O3/c26-14-17-12-16(13-25-17)6-5-11-24-23(27)28-15-22-20-9-3-1-7-18(20)19-8-2-4-10-21(19)22/h1-4,7-10,12-14,22,25H,11,15H2,(H,24,27). The molecule has 0 unspecified atom stereocenters. The summed E-state index contributed by atoms with van der Waals surface area (Å²) in [6.45, 7) is 0.437. The van der Waals surface area contributed by atoms with E-state index in [0.29, 0.717) is 11.3 Å². The minimum atomic E-state index is -0.501. The van der Waals surface area contributed by atoms with Crippen LogP contribution in [0.25, 0.3) is 11.1 Å². The van der Waals surface area contributed by atoms with Crippen LogP contribution in [0.5, 0.6) is 0 Å². The number of aromatic amines is 1. The SMILES string of the molecule is O=Cc1cc(C#CCNC(=O)OCC2c3ccccc3-c3ccccc32)c[nH]1. The van der Waals surface area contributed by atoms with Crippen molar-refractivity contribution in [3.05, 3.63) is 83.2 Å². The lowest BCUT2D eigenvalue weighted by Gasteiger charge is -2.14. The van der Waals surface area contributed by atoms with E-state index in [1.807, 2.05) is 24.3 Å². The van der Waals surface area contributed by atoms with Gasteiger partial charge in [0, 0.05) is 17.7 Å². The normalized spacial score (nSPS) is 11.7. The summed E-state index contributed by atoms with van der Waals surface area (Å²) in [6, 6.07) is 18.1. The van der Waals surface area contributed by atoms with E-state index in [2.05, 4.69) is 46.4 Å². The van der Waals surface area contributed by atoms with E-state index >= 15 is 0 Å². The van der Waals surface area contributed by atoms with Crippen LogP contribution in [0.4, 0.5) is 4.79 Å². The molecule has 2 N–H and O–H groups in total. The van der Waals surface area contributed by atoms with Crippen molar-refractivity contribution in [1.82, 2.24) is 10.3 Å². The van der Waals surface area contributed by atoms with Crippen LogP contribution in [0, 0.1) is 11.8 Å². The van der Waals surface area contributed by atoms with Crippen molar-refractivity contribution in [1.29, 1.82) is 0 Å².